The van der Waals surface area contributed by atoms with Gasteiger partial charge in [0, 0.05) is 15.7 Å². The molecule has 0 aromatic heterocycles. The lowest BCUT2D eigenvalue weighted by molar-refractivity contribution is -0.121. The number of benzene rings is 3. The van der Waals surface area contributed by atoms with Crippen molar-refractivity contribution in [3.05, 3.63) is 82.3 Å². The Morgan fingerprint density at radius 3 is 2.56 bits per heavy atom. The molecule has 0 radical (unpaired) electrons. The predicted molar refractivity (Wildman–Crippen MR) is 137 cm³/mol. The second kappa shape index (κ2) is 9.89. The Morgan fingerprint density at radius 1 is 1.09 bits per heavy atom. The van der Waals surface area contributed by atoms with Crippen LogP contribution in [-0.2, 0) is 10.2 Å². The highest BCUT2D eigenvalue weighted by Gasteiger charge is 2.26. The molecule has 0 unspecified atom stereocenters. The van der Waals surface area contributed by atoms with Crippen LogP contribution >= 0.6 is 15.9 Å². The second-order valence-electron chi connectivity index (χ2n) is 9.10. The lowest BCUT2D eigenvalue weighted by atomic mass is 9.87. The van der Waals surface area contributed by atoms with Gasteiger partial charge in [0.1, 0.15) is 18.1 Å². The molecule has 0 bridgehead atoms. The van der Waals surface area contributed by atoms with E-state index in [9.17, 15) is 9.59 Å². The van der Waals surface area contributed by atoms with Gasteiger partial charge in [-0.3, -0.25) is 9.59 Å². The molecule has 7 heteroatoms. The molecule has 1 N–H and O–H groups in total. The Labute approximate surface area is 208 Å². The molecule has 34 heavy (non-hydrogen) atoms. The number of carbonyl (C=O) groups excluding carboxylic acids is 2. The van der Waals surface area contributed by atoms with Crippen molar-refractivity contribution in [2.45, 2.75) is 26.2 Å². The van der Waals surface area contributed by atoms with Crippen LogP contribution in [-0.4, -0.2) is 31.6 Å². The maximum Gasteiger partial charge on any atom is 0.265 e. The highest BCUT2D eigenvalue weighted by molar-refractivity contribution is 9.10. The Morgan fingerprint density at radius 2 is 1.85 bits per heavy atom. The zero-order valence-corrected chi connectivity index (χ0v) is 21.0. The first-order valence-electron chi connectivity index (χ1n) is 11.1. The summed E-state index contributed by atoms with van der Waals surface area (Å²) in [4.78, 5) is 26.9. The summed E-state index contributed by atoms with van der Waals surface area (Å²) >= 11 is 3.38. The third kappa shape index (κ3) is 5.59. The molecule has 0 fully saturated rings. The van der Waals surface area contributed by atoms with Crippen LogP contribution in [0.2, 0.25) is 0 Å². The summed E-state index contributed by atoms with van der Waals surface area (Å²) in [6.07, 6.45) is 0. The zero-order chi connectivity index (χ0) is 24.3. The number of fused-ring (bicyclic) bond motifs is 1. The number of ether oxygens (including phenoxy) is 2. The Bertz CT molecular complexity index is 1200. The Balaban J connectivity index is 1.44. The fraction of sp³-hybridized carbons (Fsp3) is 0.259. The minimum atomic E-state index is -0.238. The van der Waals surface area contributed by atoms with E-state index in [2.05, 4.69) is 54.2 Å². The fourth-order valence-corrected chi connectivity index (χ4v) is 4.06. The highest BCUT2D eigenvalue weighted by Crippen LogP contribution is 2.35. The van der Waals surface area contributed by atoms with Gasteiger partial charge in [-0.1, -0.05) is 54.9 Å². The van der Waals surface area contributed by atoms with Gasteiger partial charge < -0.3 is 19.7 Å². The van der Waals surface area contributed by atoms with E-state index in [4.69, 9.17) is 9.47 Å². The van der Waals surface area contributed by atoms with Crippen LogP contribution in [0.3, 0.4) is 0 Å². The minimum absolute atomic E-state index is 0.0307. The molecule has 176 valence electrons. The number of amides is 2. The van der Waals surface area contributed by atoms with E-state index in [0.29, 0.717) is 35.8 Å². The first kappa shape index (κ1) is 23.8. The highest BCUT2D eigenvalue weighted by atomic mass is 79.9. The number of hydrogen-bond acceptors (Lipinski definition) is 4. The lowest BCUT2D eigenvalue weighted by Crippen LogP contribution is -2.41. The van der Waals surface area contributed by atoms with E-state index in [0.717, 1.165) is 10.2 Å². The van der Waals surface area contributed by atoms with Gasteiger partial charge in [-0.05, 0) is 59.5 Å². The third-order valence-electron chi connectivity index (χ3n) is 5.55. The molecule has 6 nitrogen and oxygen atoms in total. The summed E-state index contributed by atoms with van der Waals surface area (Å²) in [7, 11) is 0. The molecular weight excluding hydrogens is 496 g/mol. The van der Waals surface area contributed by atoms with E-state index < -0.39 is 0 Å². The number of halogens is 1. The van der Waals surface area contributed by atoms with E-state index in [1.54, 1.807) is 41.3 Å². The maximum absolute atomic E-state index is 12.6. The van der Waals surface area contributed by atoms with Crippen molar-refractivity contribution in [1.82, 2.24) is 0 Å². The number of anilines is 2. The molecule has 0 spiro atoms. The van der Waals surface area contributed by atoms with Gasteiger partial charge in [-0.2, -0.15) is 0 Å². The molecule has 0 atom stereocenters. The summed E-state index contributed by atoms with van der Waals surface area (Å²) in [5, 5.41) is 2.89. The van der Waals surface area contributed by atoms with Gasteiger partial charge in [0.25, 0.3) is 11.8 Å². The second-order valence-corrected chi connectivity index (χ2v) is 10.0. The molecule has 1 aliphatic rings. The number of carbonyl (C=O) groups is 2. The molecule has 0 saturated heterocycles. The Kier molecular flexibility index (Phi) is 6.93. The number of hydrogen-bond donors (Lipinski definition) is 1. The van der Waals surface area contributed by atoms with E-state index in [1.165, 1.54) is 5.56 Å². The van der Waals surface area contributed by atoms with Crippen molar-refractivity contribution < 1.29 is 19.1 Å². The summed E-state index contributed by atoms with van der Waals surface area (Å²) in [6.45, 7) is 7.16. The number of rotatable bonds is 6. The minimum Gasteiger partial charge on any atom is -0.492 e. The molecule has 0 aliphatic carbocycles. The first-order valence-corrected chi connectivity index (χ1v) is 11.9. The maximum atomic E-state index is 12.6. The number of nitrogens with one attached hydrogen (secondary N) is 1. The third-order valence-corrected chi connectivity index (χ3v) is 6.04. The summed E-state index contributed by atoms with van der Waals surface area (Å²) in [6, 6.07) is 20.4. The average molecular weight is 523 g/mol. The van der Waals surface area contributed by atoms with Gasteiger partial charge in [-0.25, -0.2) is 0 Å². The predicted octanol–water partition coefficient (Wildman–Crippen LogP) is 5.80. The molecule has 4 rings (SSSR count). The van der Waals surface area contributed by atoms with Crippen LogP contribution in [0, 0.1) is 0 Å². The lowest BCUT2D eigenvalue weighted by Gasteiger charge is -2.29. The molecule has 2 amide bonds. The summed E-state index contributed by atoms with van der Waals surface area (Å²) in [5.74, 6) is 0.950. The van der Waals surface area contributed by atoms with Crippen LogP contribution in [0.5, 0.6) is 11.5 Å². The van der Waals surface area contributed by atoms with Gasteiger partial charge in [0.2, 0.25) is 0 Å². The molecular formula is C27H27BrN2O4. The van der Waals surface area contributed by atoms with Gasteiger partial charge in [0.05, 0.1) is 12.2 Å². The van der Waals surface area contributed by atoms with Crippen molar-refractivity contribution in [3.63, 3.8) is 0 Å². The van der Waals surface area contributed by atoms with Gasteiger partial charge in [0.15, 0.2) is 6.61 Å². The molecule has 3 aromatic carbocycles. The van der Waals surface area contributed by atoms with Crippen LogP contribution in [0.4, 0.5) is 11.4 Å². The Hall–Kier alpha value is -3.32. The molecule has 3 aromatic rings. The standard InChI is InChI=1S/C27H27BrN2O4/c1-27(2,3)19-7-10-22(11-8-19)33-14-13-30-23-16-21(9-12-24(23)34-17-25(30)31)29-26(32)18-5-4-6-20(28)15-18/h4-12,15-16H,13-14,17H2,1-3H3,(H,29,32). The smallest absolute Gasteiger partial charge is 0.265 e. The van der Waals surface area contributed by atoms with Gasteiger partial charge >= 0.3 is 0 Å². The largest absolute Gasteiger partial charge is 0.492 e. The van der Waals surface area contributed by atoms with Crippen LogP contribution in [0.1, 0.15) is 36.7 Å². The number of nitrogens with zero attached hydrogens (tertiary/aromatic N) is 1. The normalized spacial score (nSPS) is 13.2. The van der Waals surface area contributed by atoms with Crippen molar-refractivity contribution in [2.24, 2.45) is 0 Å². The monoisotopic (exact) mass is 522 g/mol. The van der Waals surface area contributed by atoms with E-state index in [1.807, 2.05) is 18.2 Å². The summed E-state index contributed by atoms with van der Waals surface area (Å²) in [5.41, 5.74) is 3.02. The van der Waals surface area contributed by atoms with Crippen molar-refractivity contribution in [3.8, 4) is 11.5 Å². The molecule has 1 aliphatic heterocycles. The SMILES string of the molecule is CC(C)(C)c1ccc(OCCN2C(=O)COc3ccc(NC(=O)c4cccc(Br)c4)cc32)cc1. The fourth-order valence-electron chi connectivity index (χ4n) is 3.66. The first-order chi connectivity index (χ1) is 16.2. The quantitative estimate of drug-likeness (QED) is 0.443. The van der Waals surface area contributed by atoms with Gasteiger partial charge in [-0.15, -0.1) is 0 Å². The summed E-state index contributed by atoms with van der Waals surface area (Å²) < 4.78 is 12.3. The molecule has 1 heterocycles. The zero-order valence-electron chi connectivity index (χ0n) is 19.4. The molecule has 0 saturated carbocycles. The van der Waals surface area contributed by atoms with Crippen molar-refractivity contribution >= 4 is 39.1 Å². The van der Waals surface area contributed by atoms with Crippen molar-refractivity contribution in [2.75, 3.05) is 30.0 Å². The van der Waals surface area contributed by atoms with Crippen LogP contribution < -0.4 is 19.7 Å². The van der Waals surface area contributed by atoms with E-state index in [-0.39, 0.29) is 23.8 Å². The average Bonchev–Trinajstić information content (AvgIpc) is 2.80. The van der Waals surface area contributed by atoms with E-state index >= 15 is 0 Å². The van der Waals surface area contributed by atoms with Crippen molar-refractivity contribution in [1.29, 1.82) is 0 Å². The van der Waals surface area contributed by atoms with Crippen LogP contribution in [0.15, 0.2) is 71.2 Å². The topological polar surface area (TPSA) is 67.9 Å². The van der Waals surface area contributed by atoms with Crippen LogP contribution in [0.25, 0.3) is 0 Å².